The number of ether oxygens (including phenoxy) is 1. The van der Waals surface area contributed by atoms with Crippen molar-refractivity contribution in [3.8, 4) is 11.3 Å². The first-order chi connectivity index (χ1) is 15.0. The topological polar surface area (TPSA) is 86.5 Å². The molecule has 1 unspecified atom stereocenters. The Labute approximate surface area is 189 Å². The Kier molecular flexibility index (Phi) is 10.0. The Balaban J connectivity index is 0.00000107. The van der Waals surface area contributed by atoms with Crippen molar-refractivity contribution in [3.63, 3.8) is 0 Å². The van der Waals surface area contributed by atoms with Gasteiger partial charge in [-0.1, -0.05) is 59.2 Å². The lowest BCUT2D eigenvalue weighted by molar-refractivity contribution is -0.191. The lowest BCUT2D eigenvalue weighted by Gasteiger charge is -2.14. The number of benzene rings is 2. The molecule has 0 N–H and O–H groups in total. The summed E-state index contributed by atoms with van der Waals surface area (Å²) < 4.78 is 10.7. The average Bonchev–Trinajstić information content (AvgIpc) is 3.21. The van der Waals surface area contributed by atoms with Gasteiger partial charge < -0.3 is 9.26 Å². The van der Waals surface area contributed by atoms with Gasteiger partial charge in [0.1, 0.15) is 18.1 Å². The zero-order valence-corrected chi connectivity index (χ0v) is 18.7. The number of hydrogen-bond acceptors (Lipinski definition) is 7. The van der Waals surface area contributed by atoms with Gasteiger partial charge in [0.05, 0.1) is 6.42 Å². The van der Waals surface area contributed by atoms with Crippen molar-refractivity contribution in [2.24, 2.45) is 0 Å². The van der Waals surface area contributed by atoms with Crippen molar-refractivity contribution in [2.75, 3.05) is 12.0 Å². The van der Waals surface area contributed by atoms with Crippen LogP contribution in [-0.4, -0.2) is 29.3 Å². The van der Waals surface area contributed by atoms with Crippen molar-refractivity contribution < 1.29 is 23.6 Å². The van der Waals surface area contributed by atoms with Gasteiger partial charge in [-0.05, 0) is 37.0 Å². The van der Waals surface area contributed by atoms with Gasteiger partial charge in [-0.2, -0.15) is 21.4 Å². The van der Waals surface area contributed by atoms with Crippen LogP contribution in [0.1, 0.15) is 29.7 Å². The molecule has 0 fully saturated rings. The van der Waals surface area contributed by atoms with Crippen molar-refractivity contribution in [1.82, 2.24) is 5.16 Å². The molecule has 1 aromatic heterocycles. The van der Waals surface area contributed by atoms with E-state index in [9.17, 15) is 4.79 Å². The number of thioether (sulfide) groups is 1. The van der Waals surface area contributed by atoms with E-state index in [1.807, 2.05) is 42.1 Å². The Morgan fingerprint density at radius 1 is 1.19 bits per heavy atom. The van der Waals surface area contributed by atoms with E-state index in [-0.39, 0.29) is 18.5 Å². The maximum Gasteiger partial charge on any atom is 0.373 e. The van der Waals surface area contributed by atoms with E-state index in [4.69, 9.17) is 30.4 Å². The fraction of sp³-hybridized carbons (Fsp3) is 0.261. The maximum atomic E-state index is 12.4. The molecule has 0 spiro atoms. The van der Waals surface area contributed by atoms with Crippen molar-refractivity contribution in [2.45, 2.75) is 25.9 Å². The first-order valence-electron chi connectivity index (χ1n) is 9.44. The summed E-state index contributed by atoms with van der Waals surface area (Å²) in [4.78, 5) is 28.7. The minimum absolute atomic E-state index is 0.0852. The van der Waals surface area contributed by atoms with Crippen LogP contribution in [0.2, 0.25) is 5.02 Å². The summed E-state index contributed by atoms with van der Waals surface area (Å²) in [5.74, 6) is 0.734. The highest BCUT2D eigenvalue weighted by molar-refractivity contribution is 7.98. The van der Waals surface area contributed by atoms with Gasteiger partial charge in [-0.15, -0.1) is 0 Å². The van der Waals surface area contributed by atoms with Crippen LogP contribution in [0, 0.1) is 0 Å². The van der Waals surface area contributed by atoms with Crippen LogP contribution in [0.15, 0.2) is 59.3 Å². The molecule has 1 atom stereocenters. The van der Waals surface area contributed by atoms with Crippen LogP contribution < -0.4 is 0 Å². The molecule has 8 heteroatoms. The minimum atomic E-state index is -0.430. The SMILES string of the molecule is CSCCc1ccc(-c2nocc2CC(=O)OC(C)c2ccccc2Cl)cc1.O=C=O. The zero-order valence-electron chi connectivity index (χ0n) is 17.2. The lowest BCUT2D eigenvalue weighted by atomic mass is 10.0. The number of rotatable bonds is 8. The molecular formula is C23H22ClNO5S. The van der Waals surface area contributed by atoms with Crippen molar-refractivity contribution in [3.05, 3.63) is 76.5 Å². The van der Waals surface area contributed by atoms with Gasteiger partial charge in [0.25, 0.3) is 0 Å². The molecule has 0 aliphatic carbocycles. The van der Waals surface area contributed by atoms with Crippen molar-refractivity contribution >= 4 is 35.5 Å². The van der Waals surface area contributed by atoms with Crippen molar-refractivity contribution in [1.29, 1.82) is 0 Å². The number of aryl methyl sites for hydroxylation is 1. The molecule has 0 amide bonds. The Hall–Kier alpha value is -2.86. The zero-order chi connectivity index (χ0) is 22.6. The lowest BCUT2D eigenvalue weighted by Crippen LogP contribution is -2.12. The van der Waals surface area contributed by atoms with E-state index in [1.165, 1.54) is 11.8 Å². The number of halogens is 1. The summed E-state index contributed by atoms with van der Waals surface area (Å²) in [5.41, 5.74) is 4.34. The third kappa shape index (κ3) is 7.40. The fourth-order valence-electron chi connectivity index (χ4n) is 2.93. The first kappa shape index (κ1) is 24.4. The Morgan fingerprint density at radius 3 is 2.52 bits per heavy atom. The highest BCUT2D eigenvalue weighted by atomic mass is 35.5. The Morgan fingerprint density at radius 2 is 1.87 bits per heavy atom. The normalized spacial score (nSPS) is 11.1. The number of carbonyl (C=O) groups is 1. The van der Waals surface area contributed by atoms with Crippen LogP contribution in [0.4, 0.5) is 0 Å². The van der Waals surface area contributed by atoms with Gasteiger partial charge in [0.2, 0.25) is 0 Å². The molecule has 1 heterocycles. The predicted molar refractivity (Wildman–Crippen MR) is 119 cm³/mol. The summed E-state index contributed by atoms with van der Waals surface area (Å²) in [5, 5.41) is 4.65. The quantitative estimate of drug-likeness (QED) is 0.430. The minimum Gasteiger partial charge on any atom is -0.457 e. The van der Waals surface area contributed by atoms with Crippen LogP contribution in [0.25, 0.3) is 11.3 Å². The Bertz CT molecular complexity index is 1010. The van der Waals surface area contributed by atoms with E-state index < -0.39 is 6.10 Å². The van der Waals surface area contributed by atoms with Crippen LogP contribution >= 0.6 is 23.4 Å². The molecule has 2 aromatic carbocycles. The number of carbonyl (C=O) groups excluding carboxylic acids is 3. The van der Waals surface area contributed by atoms with E-state index in [0.29, 0.717) is 16.3 Å². The molecule has 0 saturated carbocycles. The number of nitrogens with zero attached hydrogens (tertiary/aromatic N) is 1. The van der Waals surface area contributed by atoms with E-state index in [2.05, 4.69) is 23.5 Å². The molecule has 31 heavy (non-hydrogen) atoms. The molecule has 3 aromatic rings. The average molecular weight is 460 g/mol. The summed E-state index contributed by atoms with van der Waals surface area (Å²) in [6.45, 7) is 1.81. The summed E-state index contributed by atoms with van der Waals surface area (Å²) in [6, 6.07) is 15.5. The molecule has 162 valence electrons. The highest BCUT2D eigenvalue weighted by Crippen LogP contribution is 2.27. The third-order valence-electron chi connectivity index (χ3n) is 4.45. The van der Waals surface area contributed by atoms with Crippen LogP contribution in [0.3, 0.4) is 0 Å². The summed E-state index contributed by atoms with van der Waals surface area (Å²) in [7, 11) is 0. The smallest absolute Gasteiger partial charge is 0.373 e. The molecule has 0 saturated heterocycles. The number of hydrogen-bond donors (Lipinski definition) is 0. The molecule has 3 rings (SSSR count). The van der Waals surface area contributed by atoms with Gasteiger partial charge >= 0.3 is 12.1 Å². The summed E-state index contributed by atoms with van der Waals surface area (Å²) >= 11 is 8.00. The maximum absolute atomic E-state index is 12.4. The highest BCUT2D eigenvalue weighted by Gasteiger charge is 2.18. The van der Waals surface area contributed by atoms with Crippen LogP contribution in [-0.2, 0) is 32.0 Å². The molecule has 0 radical (unpaired) electrons. The van der Waals surface area contributed by atoms with Crippen LogP contribution in [0.5, 0.6) is 0 Å². The monoisotopic (exact) mass is 459 g/mol. The van der Waals surface area contributed by atoms with Gasteiger partial charge in [0, 0.05) is 21.7 Å². The van der Waals surface area contributed by atoms with Gasteiger partial charge in [-0.3, -0.25) is 4.79 Å². The molecule has 0 bridgehead atoms. The van der Waals surface area contributed by atoms with E-state index >= 15 is 0 Å². The fourth-order valence-corrected chi connectivity index (χ4v) is 3.66. The molecule has 6 nitrogen and oxygen atoms in total. The van der Waals surface area contributed by atoms with E-state index in [1.54, 1.807) is 13.0 Å². The second-order valence-electron chi connectivity index (χ2n) is 6.54. The second-order valence-corrected chi connectivity index (χ2v) is 7.93. The van der Waals surface area contributed by atoms with Gasteiger partial charge in [-0.25, -0.2) is 0 Å². The predicted octanol–water partition coefficient (Wildman–Crippen LogP) is 5.16. The number of esters is 1. The standard InChI is InChI=1S/C22H22ClNO3S.CO2/c1-15(19-5-3-4-6-20(19)23)27-21(25)13-18-14-26-24-22(18)17-9-7-16(8-10-17)11-12-28-2;2-1-3/h3-10,14-15H,11-13H2,1-2H3;. The number of aromatic nitrogens is 1. The third-order valence-corrected chi connectivity index (χ3v) is 5.41. The van der Waals surface area contributed by atoms with Gasteiger partial charge in [0.15, 0.2) is 0 Å². The summed E-state index contributed by atoms with van der Waals surface area (Å²) in [6.07, 6.45) is 4.53. The second kappa shape index (κ2) is 12.7. The van der Waals surface area contributed by atoms with E-state index in [0.717, 1.165) is 23.3 Å². The first-order valence-corrected chi connectivity index (χ1v) is 11.2. The molecular weight excluding hydrogens is 438 g/mol. The largest absolute Gasteiger partial charge is 0.457 e. The molecule has 0 aliphatic rings. The molecule has 0 aliphatic heterocycles.